The summed E-state index contributed by atoms with van der Waals surface area (Å²) in [5.41, 5.74) is 0. The Morgan fingerprint density at radius 1 is 0.686 bits per heavy atom. The van der Waals surface area contributed by atoms with Gasteiger partial charge in [-0.3, -0.25) is 38.8 Å². The Labute approximate surface area is 205 Å². The molecule has 1 heterocycles. The van der Waals surface area contributed by atoms with E-state index in [9.17, 15) is 34.5 Å². The van der Waals surface area contributed by atoms with Crippen LogP contribution in [0.3, 0.4) is 0 Å². The number of likely N-dealkylation sites (N-methyl/N-ethyl adjacent to an activating group) is 1. The lowest BCUT2D eigenvalue weighted by molar-refractivity contribution is -0.140. The van der Waals surface area contributed by atoms with E-state index in [0.717, 1.165) is 0 Å². The molecule has 202 valence electrons. The number of rotatable bonds is 11. The van der Waals surface area contributed by atoms with Crippen LogP contribution in [-0.4, -0.2) is 162 Å². The summed E-state index contributed by atoms with van der Waals surface area (Å²) in [4.78, 5) is 59.8. The summed E-state index contributed by atoms with van der Waals surface area (Å²) < 4.78 is 0. The van der Waals surface area contributed by atoms with Gasteiger partial charge in [-0.15, -0.1) is 0 Å². The number of carboxylic acids is 3. The van der Waals surface area contributed by atoms with Crippen LogP contribution in [-0.2, 0) is 24.0 Å². The lowest BCUT2D eigenvalue weighted by atomic mass is 10.2. The highest BCUT2D eigenvalue weighted by atomic mass is 16.6. The maximum atomic E-state index is 12.6. The Morgan fingerprint density at radius 3 is 1.34 bits per heavy atom. The largest absolute Gasteiger partial charge is 0.480 e. The molecule has 1 aliphatic rings. The second-order valence-corrected chi connectivity index (χ2v) is 8.68. The summed E-state index contributed by atoms with van der Waals surface area (Å²) in [6.07, 6.45) is 1.15. The van der Waals surface area contributed by atoms with Gasteiger partial charge in [0.25, 0.3) is 0 Å². The number of carbonyl (C=O) groups is 4. The van der Waals surface area contributed by atoms with E-state index in [2.05, 4.69) is 4.84 Å². The molecule has 0 aromatic rings. The van der Waals surface area contributed by atoms with Gasteiger partial charge in [-0.1, -0.05) is 0 Å². The predicted molar refractivity (Wildman–Crippen MR) is 126 cm³/mol. The predicted octanol–water partition coefficient (Wildman–Crippen LogP) is -2.41. The van der Waals surface area contributed by atoms with Gasteiger partial charge in [0, 0.05) is 59.4 Å². The summed E-state index contributed by atoms with van der Waals surface area (Å²) in [6.45, 7) is 3.73. The SMILES string of the molecule is CN(CCON)C(=O)CN1CCCN(CC(=O)O)CCN(CC(=O)O)CCCN(CC(=O)O)CC1. The van der Waals surface area contributed by atoms with Gasteiger partial charge in [0.2, 0.25) is 5.91 Å². The summed E-state index contributed by atoms with van der Waals surface area (Å²) in [6, 6.07) is 0. The highest BCUT2D eigenvalue weighted by Crippen LogP contribution is 2.04. The average Bonchev–Trinajstić information content (AvgIpc) is 2.76. The number of nitrogens with two attached hydrogens (primary N) is 1. The first-order chi connectivity index (χ1) is 16.6. The fourth-order valence-corrected chi connectivity index (χ4v) is 3.88. The Morgan fingerprint density at radius 2 is 1.03 bits per heavy atom. The maximum absolute atomic E-state index is 12.6. The first-order valence-electron chi connectivity index (χ1n) is 11.7. The first-order valence-corrected chi connectivity index (χ1v) is 11.7. The van der Waals surface area contributed by atoms with E-state index >= 15 is 0 Å². The molecule has 0 radical (unpaired) electrons. The molecule has 0 bridgehead atoms. The molecule has 1 rings (SSSR count). The lowest BCUT2D eigenvalue weighted by Crippen LogP contribution is -2.46. The number of hydrogen-bond donors (Lipinski definition) is 4. The van der Waals surface area contributed by atoms with Gasteiger partial charge in [0.05, 0.1) is 32.8 Å². The fraction of sp³-hybridized carbons (Fsp3) is 0.810. The van der Waals surface area contributed by atoms with E-state index in [1.807, 2.05) is 4.90 Å². The van der Waals surface area contributed by atoms with Crippen molar-refractivity contribution in [2.75, 3.05) is 98.7 Å². The molecular formula is C21H40N6O8. The Bertz CT molecular complexity index is 682. The van der Waals surface area contributed by atoms with Crippen molar-refractivity contribution in [2.45, 2.75) is 12.8 Å². The van der Waals surface area contributed by atoms with Crippen molar-refractivity contribution in [3.63, 3.8) is 0 Å². The lowest BCUT2D eigenvalue weighted by Gasteiger charge is -2.31. The average molecular weight is 505 g/mol. The molecule has 35 heavy (non-hydrogen) atoms. The maximum Gasteiger partial charge on any atom is 0.317 e. The standard InChI is InChI=1S/C21H40N6O8/c1-23(12-13-35-22)18(28)14-24-4-2-5-26(16-20(31)32)10-11-27(17-21(33)34)7-3-6-25(9-8-24)15-19(29)30/h2-17,22H2,1H3,(H,29,30)(H,31,32)(H,33,34). The zero-order valence-electron chi connectivity index (χ0n) is 20.5. The Balaban J connectivity index is 2.93. The number of hydrogen-bond acceptors (Lipinski definition) is 10. The highest BCUT2D eigenvalue weighted by molar-refractivity contribution is 5.78. The second-order valence-electron chi connectivity index (χ2n) is 8.68. The van der Waals surface area contributed by atoms with Crippen LogP contribution in [0, 0.1) is 0 Å². The number of carboxylic acid groups (broad SMARTS) is 3. The molecule has 0 spiro atoms. The quantitative estimate of drug-likeness (QED) is 0.219. The van der Waals surface area contributed by atoms with Crippen LogP contribution in [0.4, 0.5) is 0 Å². The molecule has 0 aromatic heterocycles. The van der Waals surface area contributed by atoms with Crippen molar-refractivity contribution in [1.82, 2.24) is 24.5 Å². The Hall–Kier alpha value is -2.36. The van der Waals surface area contributed by atoms with Crippen molar-refractivity contribution in [2.24, 2.45) is 5.90 Å². The van der Waals surface area contributed by atoms with Crippen molar-refractivity contribution < 1.29 is 39.3 Å². The third-order valence-electron chi connectivity index (χ3n) is 5.77. The third kappa shape index (κ3) is 14.6. The molecular weight excluding hydrogens is 464 g/mol. The van der Waals surface area contributed by atoms with E-state index in [4.69, 9.17) is 5.90 Å². The van der Waals surface area contributed by atoms with Gasteiger partial charge in [-0.05, 0) is 19.4 Å². The molecule has 0 saturated carbocycles. The van der Waals surface area contributed by atoms with Gasteiger partial charge in [0.15, 0.2) is 0 Å². The molecule has 1 fully saturated rings. The number of carbonyl (C=O) groups excluding carboxylic acids is 1. The van der Waals surface area contributed by atoms with Crippen molar-refractivity contribution in [1.29, 1.82) is 0 Å². The van der Waals surface area contributed by atoms with Gasteiger partial charge >= 0.3 is 17.9 Å². The minimum Gasteiger partial charge on any atom is -0.480 e. The zero-order chi connectivity index (χ0) is 26.2. The number of aliphatic carboxylic acids is 3. The summed E-state index contributed by atoms with van der Waals surface area (Å²) in [5, 5.41) is 27.8. The summed E-state index contributed by atoms with van der Waals surface area (Å²) in [5.74, 6) is 2.02. The van der Waals surface area contributed by atoms with Crippen LogP contribution in [0.25, 0.3) is 0 Å². The molecule has 0 atom stereocenters. The molecule has 0 unspecified atom stereocenters. The third-order valence-corrected chi connectivity index (χ3v) is 5.77. The van der Waals surface area contributed by atoms with Crippen LogP contribution in [0.15, 0.2) is 0 Å². The van der Waals surface area contributed by atoms with Gasteiger partial charge in [-0.25, -0.2) is 5.90 Å². The van der Waals surface area contributed by atoms with Crippen molar-refractivity contribution in [3.05, 3.63) is 0 Å². The fourth-order valence-electron chi connectivity index (χ4n) is 3.88. The molecule has 14 heteroatoms. The molecule has 1 amide bonds. The second kappa shape index (κ2) is 17.1. The van der Waals surface area contributed by atoms with E-state index in [-0.39, 0.29) is 38.7 Å². The van der Waals surface area contributed by atoms with Crippen LogP contribution in [0.1, 0.15) is 12.8 Å². The summed E-state index contributed by atoms with van der Waals surface area (Å²) >= 11 is 0. The molecule has 5 N–H and O–H groups in total. The van der Waals surface area contributed by atoms with Gasteiger partial charge in [-0.2, -0.15) is 0 Å². The number of amides is 1. The van der Waals surface area contributed by atoms with Gasteiger partial charge in [0.1, 0.15) is 0 Å². The van der Waals surface area contributed by atoms with E-state index in [1.54, 1.807) is 21.7 Å². The molecule has 14 nitrogen and oxygen atoms in total. The van der Waals surface area contributed by atoms with E-state index in [1.165, 1.54) is 4.90 Å². The minimum atomic E-state index is -0.971. The molecule has 0 aromatic carbocycles. The zero-order valence-corrected chi connectivity index (χ0v) is 20.5. The summed E-state index contributed by atoms with van der Waals surface area (Å²) in [7, 11) is 1.65. The van der Waals surface area contributed by atoms with Crippen molar-refractivity contribution in [3.8, 4) is 0 Å². The van der Waals surface area contributed by atoms with Crippen LogP contribution < -0.4 is 5.90 Å². The van der Waals surface area contributed by atoms with Crippen LogP contribution >= 0.6 is 0 Å². The van der Waals surface area contributed by atoms with Crippen LogP contribution in [0.2, 0.25) is 0 Å². The topological polar surface area (TPSA) is 180 Å². The monoisotopic (exact) mass is 504 g/mol. The highest BCUT2D eigenvalue weighted by Gasteiger charge is 2.20. The van der Waals surface area contributed by atoms with E-state index in [0.29, 0.717) is 71.7 Å². The molecule has 0 aliphatic carbocycles. The minimum absolute atomic E-state index is 0.125. The molecule has 1 aliphatic heterocycles. The Kier molecular flexibility index (Phi) is 15.0. The van der Waals surface area contributed by atoms with Gasteiger partial charge < -0.3 is 25.1 Å². The smallest absolute Gasteiger partial charge is 0.317 e. The van der Waals surface area contributed by atoms with Crippen molar-refractivity contribution >= 4 is 23.8 Å². The normalized spacial score (nSPS) is 18.6. The van der Waals surface area contributed by atoms with Crippen LogP contribution in [0.5, 0.6) is 0 Å². The number of nitrogens with zero attached hydrogens (tertiary/aromatic N) is 5. The molecule has 1 saturated heterocycles. The van der Waals surface area contributed by atoms with E-state index < -0.39 is 17.9 Å². The first kappa shape index (κ1) is 30.7.